The molecule has 1 N–H and O–H groups in total. The van der Waals surface area contributed by atoms with E-state index in [2.05, 4.69) is 32.6 Å². The molecule has 0 aromatic heterocycles. The van der Waals surface area contributed by atoms with Gasteiger partial charge in [0.25, 0.3) is 0 Å². The van der Waals surface area contributed by atoms with Crippen LogP contribution in [0.1, 0.15) is 59.8 Å². The molecule has 16 heavy (non-hydrogen) atoms. The third-order valence-electron chi connectivity index (χ3n) is 5.62. The standard InChI is InChI=1S/C15H24O/c1-5-6-7-9-15(16)13(2,3)12-8-10-14(15,4)11-12/h12,16H,7-11H2,1-4H3. The molecular formula is C15H24O. The Hall–Kier alpha value is -0.480. The van der Waals surface area contributed by atoms with Crippen LogP contribution in [0, 0.1) is 28.6 Å². The maximum atomic E-state index is 11.1. The lowest BCUT2D eigenvalue weighted by atomic mass is 9.59. The summed E-state index contributed by atoms with van der Waals surface area (Å²) in [6.07, 6.45) is 5.37. The second-order valence-corrected chi connectivity index (χ2v) is 6.51. The summed E-state index contributed by atoms with van der Waals surface area (Å²) in [6, 6.07) is 0. The van der Waals surface area contributed by atoms with Crippen molar-refractivity contribution in [1.82, 2.24) is 0 Å². The van der Waals surface area contributed by atoms with E-state index in [0.717, 1.165) is 12.8 Å². The van der Waals surface area contributed by atoms with E-state index in [4.69, 9.17) is 0 Å². The first-order valence-corrected chi connectivity index (χ1v) is 6.49. The van der Waals surface area contributed by atoms with Crippen LogP contribution in [0.3, 0.4) is 0 Å². The molecule has 2 aliphatic rings. The van der Waals surface area contributed by atoms with Gasteiger partial charge in [0.2, 0.25) is 0 Å². The van der Waals surface area contributed by atoms with E-state index in [1.54, 1.807) is 0 Å². The Kier molecular flexibility index (Phi) is 2.63. The minimum atomic E-state index is -0.507. The summed E-state index contributed by atoms with van der Waals surface area (Å²) in [4.78, 5) is 0. The molecule has 0 aromatic carbocycles. The Labute approximate surface area is 99.6 Å². The van der Waals surface area contributed by atoms with Crippen LogP contribution >= 0.6 is 0 Å². The lowest BCUT2D eigenvalue weighted by molar-refractivity contribution is -0.146. The summed E-state index contributed by atoms with van der Waals surface area (Å²) < 4.78 is 0. The van der Waals surface area contributed by atoms with Crippen molar-refractivity contribution in [2.45, 2.75) is 65.4 Å². The fourth-order valence-electron chi connectivity index (χ4n) is 4.34. The van der Waals surface area contributed by atoms with Crippen molar-refractivity contribution in [1.29, 1.82) is 0 Å². The number of hydrogen-bond donors (Lipinski definition) is 1. The van der Waals surface area contributed by atoms with E-state index < -0.39 is 5.60 Å². The third-order valence-corrected chi connectivity index (χ3v) is 5.62. The van der Waals surface area contributed by atoms with Crippen molar-refractivity contribution in [2.75, 3.05) is 0 Å². The Balaban J connectivity index is 2.25. The van der Waals surface area contributed by atoms with Crippen LogP contribution in [0.25, 0.3) is 0 Å². The van der Waals surface area contributed by atoms with Gasteiger partial charge in [0.15, 0.2) is 0 Å². The fourth-order valence-corrected chi connectivity index (χ4v) is 4.34. The second kappa shape index (κ2) is 3.50. The first-order valence-electron chi connectivity index (χ1n) is 6.49. The molecular weight excluding hydrogens is 196 g/mol. The van der Waals surface area contributed by atoms with Crippen molar-refractivity contribution < 1.29 is 5.11 Å². The zero-order chi connectivity index (χ0) is 12.0. The Bertz CT molecular complexity index is 339. The predicted molar refractivity (Wildman–Crippen MR) is 66.9 cm³/mol. The Morgan fingerprint density at radius 3 is 2.50 bits per heavy atom. The fraction of sp³-hybridized carbons (Fsp3) is 0.867. The molecule has 0 amide bonds. The molecule has 2 fully saturated rings. The van der Waals surface area contributed by atoms with Gasteiger partial charge in [-0.3, -0.25) is 0 Å². The minimum Gasteiger partial charge on any atom is -0.389 e. The quantitative estimate of drug-likeness (QED) is 0.707. The van der Waals surface area contributed by atoms with Gasteiger partial charge in [-0.25, -0.2) is 0 Å². The van der Waals surface area contributed by atoms with Gasteiger partial charge in [-0.15, -0.1) is 11.8 Å². The Morgan fingerprint density at radius 2 is 2.00 bits per heavy atom. The van der Waals surface area contributed by atoms with E-state index in [1.807, 2.05) is 6.92 Å². The molecule has 0 radical (unpaired) electrons. The molecule has 0 aliphatic heterocycles. The van der Waals surface area contributed by atoms with Crippen LogP contribution in [0.5, 0.6) is 0 Å². The van der Waals surface area contributed by atoms with Crippen LogP contribution in [0.4, 0.5) is 0 Å². The number of aliphatic hydroxyl groups is 1. The highest BCUT2D eigenvalue weighted by Gasteiger charge is 2.67. The molecule has 2 saturated carbocycles. The SMILES string of the molecule is CC#CCCC1(O)C2(C)CCC(C2)C1(C)C. The van der Waals surface area contributed by atoms with Gasteiger partial charge in [-0.05, 0) is 49.4 Å². The largest absolute Gasteiger partial charge is 0.389 e. The van der Waals surface area contributed by atoms with Gasteiger partial charge in [-0.2, -0.15) is 0 Å². The van der Waals surface area contributed by atoms with Gasteiger partial charge in [0, 0.05) is 6.42 Å². The van der Waals surface area contributed by atoms with E-state index >= 15 is 0 Å². The number of fused-ring (bicyclic) bond motifs is 2. The van der Waals surface area contributed by atoms with Crippen molar-refractivity contribution in [3.8, 4) is 11.8 Å². The second-order valence-electron chi connectivity index (χ2n) is 6.51. The lowest BCUT2D eigenvalue weighted by Gasteiger charge is -2.50. The van der Waals surface area contributed by atoms with Crippen molar-refractivity contribution >= 4 is 0 Å². The normalized spacial score (nSPS) is 44.2. The summed E-state index contributed by atoms with van der Waals surface area (Å²) in [6.45, 7) is 8.65. The molecule has 2 aliphatic carbocycles. The van der Waals surface area contributed by atoms with Crippen molar-refractivity contribution in [2.24, 2.45) is 16.7 Å². The summed E-state index contributed by atoms with van der Waals surface area (Å²) in [5, 5.41) is 11.1. The lowest BCUT2D eigenvalue weighted by Crippen LogP contribution is -2.53. The predicted octanol–water partition coefficient (Wildman–Crippen LogP) is 3.37. The van der Waals surface area contributed by atoms with Crippen LogP contribution in [0.15, 0.2) is 0 Å². The van der Waals surface area contributed by atoms with Gasteiger partial charge in [0.05, 0.1) is 5.60 Å². The van der Waals surface area contributed by atoms with E-state index in [-0.39, 0.29) is 10.8 Å². The summed E-state index contributed by atoms with van der Waals surface area (Å²) in [5.74, 6) is 6.74. The van der Waals surface area contributed by atoms with E-state index in [0.29, 0.717) is 5.92 Å². The molecule has 2 bridgehead atoms. The van der Waals surface area contributed by atoms with Gasteiger partial charge < -0.3 is 5.11 Å². The smallest absolute Gasteiger partial charge is 0.0763 e. The van der Waals surface area contributed by atoms with E-state index in [1.165, 1.54) is 19.3 Å². The Morgan fingerprint density at radius 1 is 1.31 bits per heavy atom. The number of rotatable bonds is 2. The van der Waals surface area contributed by atoms with Crippen molar-refractivity contribution in [3.05, 3.63) is 0 Å². The zero-order valence-electron chi connectivity index (χ0n) is 11.1. The average molecular weight is 220 g/mol. The molecule has 90 valence electrons. The summed E-state index contributed by atoms with van der Waals surface area (Å²) in [7, 11) is 0. The molecule has 2 rings (SSSR count). The van der Waals surface area contributed by atoms with Crippen molar-refractivity contribution in [3.63, 3.8) is 0 Å². The first-order chi connectivity index (χ1) is 7.37. The van der Waals surface area contributed by atoms with Crippen LogP contribution in [-0.2, 0) is 0 Å². The molecule has 0 aromatic rings. The van der Waals surface area contributed by atoms with Crippen LogP contribution < -0.4 is 0 Å². The summed E-state index contributed by atoms with van der Waals surface area (Å²) in [5.41, 5.74) is -0.307. The molecule has 1 nitrogen and oxygen atoms in total. The summed E-state index contributed by atoms with van der Waals surface area (Å²) >= 11 is 0. The highest BCUT2D eigenvalue weighted by Crippen LogP contribution is 2.69. The number of hydrogen-bond acceptors (Lipinski definition) is 1. The highest BCUT2D eigenvalue weighted by molar-refractivity contribution is 5.18. The van der Waals surface area contributed by atoms with Crippen LogP contribution in [0.2, 0.25) is 0 Å². The topological polar surface area (TPSA) is 20.2 Å². The zero-order valence-corrected chi connectivity index (χ0v) is 11.1. The van der Waals surface area contributed by atoms with Gasteiger partial charge in [-0.1, -0.05) is 20.8 Å². The van der Waals surface area contributed by atoms with Crippen LogP contribution in [-0.4, -0.2) is 10.7 Å². The molecule has 0 heterocycles. The molecule has 1 heteroatoms. The highest BCUT2D eigenvalue weighted by atomic mass is 16.3. The van der Waals surface area contributed by atoms with Gasteiger partial charge in [0.1, 0.15) is 0 Å². The molecule has 3 unspecified atom stereocenters. The maximum Gasteiger partial charge on any atom is 0.0763 e. The molecule has 3 atom stereocenters. The first kappa shape index (κ1) is 12.0. The molecule has 0 spiro atoms. The maximum absolute atomic E-state index is 11.1. The van der Waals surface area contributed by atoms with Gasteiger partial charge >= 0.3 is 0 Å². The minimum absolute atomic E-state index is 0.0649. The molecule has 0 saturated heterocycles. The monoisotopic (exact) mass is 220 g/mol. The van der Waals surface area contributed by atoms with E-state index in [9.17, 15) is 5.11 Å². The average Bonchev–Trinajstić information content (AvgIpc) is 2.67. The third kappa shape index (κ3) is 1.29.